The van der Waals surface area contributed by atoms with E-state index in [9.17, 15) is 13.2 Å². The fraction of sp³-hybridized carbons (Fsp3) is 0.417. The van der Waals surface area contributed by atoms with E-state index in [0.29, 0.717) is 27.8 Å². The van der Waals surface area contributed by atoms with Gasteiger partial charge in [0.05, 0.1) is 11.1 Å². The van der Waals surface area contributed by atoms with Crippen LogP contribution in [0.3, 0.4) is 0 Å². The van der Waals surface area contributed by atoms with Crippen LogP contribution in [-0.4, -0.2) is 11.5 Å². The van der Waals surface area contributed by atoms with Crippen LogP contribution in [0.15, 0.2) is 17.6 Å². The van der Waals surface area contributed by atoms with Gasteiger partial charge in [0.15, 0.2) is 5.01 Å². The number of thiophene rings is 1. The van der Waals surface area contributed by atoms with Crippen molar-refractivity contribution in [3.05, 3.63) is 37.4 Å². The average molecular weight is 341 g/mol. The zero-order valence-corrected chi connectivity index (χ0v) is 12.9. The molecule has 0 aliphatic rings. The average Bonchev–Trinajstić information content (AvgIpc) is 2.99. The highest BCUT2D eigenvalue weighted by Crippen LogP contribution is 2.39. The van der Waals surface area contributed by atoms with Crippen LogP contribution in [0.25, 0.3) is 0 Å². The van der Waals surface area contributed by atoms with E-state index >= 15 is 0 Å². The van der Waals surface area contributed by atoms with Gasteiger partial charge in [-0.2, -0.15) is 13.2 Å². The number of hydrogen-bond donors (Lipinski definition) is 1. The van der Waals surface area contributed by atoms with Crippen LogP contribution >= 0.6 is 34.3 Å². The van der Waals surface area contributed by atoms with E-state index < -0.39 is 11.2 Å². The van der Waals surface area contributed by atoms with Crippen molar-refractivity contribution < 1.29 is 13.2 Å². The summed E-state index contributed by atoms with van der Waals surface area (Å²) in [6, 6.07) is 1.41. The SMILES string of the molecule is CCCNC(c1cnc(C(F)(F)F)s1)c1sccc1Cl. The van der Waals surface area contributed by atoms with Crippen molar-refractivity contribution in [1.82, 2.24) is 10.3 Å². The Labute approximate surface area is 127 Å². The monoisotopic (exact) mass is 340 g/mol. The molecule has 0 bridgehead atoms. The van der Waals surface area contributed by atoms with Crippen LogP contribution in [0.4, 0.5) is 13.2 Å². The molecule has 110 valence electrons. The summed E-state index contributed by atoms with van der Waals surface area (Å²) in [5.74, 6) is 0. The molecule has 0 aliphatic carbocycles. The predicted molar refractivity (Wildman–Crippen MR) is 76.6 cm³/mol. The zero-order valence-electron chi connectivity index (χ0n) is 10.5. The summed E-state index contributed by atoms with van der Waals surface area (Å²) in [6.07, 6.45) is -2.25. The molecular weight excluding hydrogens is 329 g/mol. The minimum atomic E-state index is -4.41. The van der Waals surface area contributed by atoms with E-state index in [-0.39, 0.29) is 6.04 Å². The fourth-order valence-corrected chi connectivity index (χ4v) is 3.88. The smallest absolute Gasteiger partial charge is 0.305 e. The summed E-state index contributed by atoms with van der Waals surface area (Å²) in [4.78, 5) is 4.81. The lowest BCUT2D eigenvalue weighted by molar-refractivity contribution is -0.137. The van der Waals surface area contributed by atoms with E-state index in [4.69, 9.17) is 11.6 Å². The molecule has 2 nitrogen and oxygen atoms in total. The molecule has 8 heteroatoms. The number of nitrogens with zero attached hydrogens (tertiary/aromatic N) is 1. The molecule has 2 rings (SSSR count). The Morgan fingerprint density at radius 3 is 2.70 bits per heavy atom. The molecule has 1 atom stereocenters. The van der Waals surface area contributed by atoms with Crippen molar-refractivity contribution in [2.75, 3.05) is 6.54 Å². The quantitative estimate of drug-likeness (QED) is 0.831. The molecule has 0 saturated heterocycles. The molecule has 0 aromatic carbocycles. The third-order valence-corrected chi connectivity index (χ3v) is 5.09. The lowest BCUT2D eigenvalue weighted by atomic mass is 10.2. The zero-order chi connectivity index (χ0) is 14.8. The van der Waals surface area contributed by atoms with Crippen molar-refractivity contribution in [2.24, 2.45) is 0 Å². The van der Waals surface area contributed by atoms with Gasteiger partial charge < -0.3 is 5.32 Å². The molecule has 20 heavy (non-hydrogen) atoms. The van der Waals surface area contributed by atoms with Gasteiger partial charge in [-0.25, -0.2) is 4.98 Å². The second-order valence-electron chi connectivity index (χ2n) is 4.09. The maximum absolute atomic E-state index is 12.6. The first-order chi connectivity index (χ1) is 9.43. The first-order valence-electron chi connectivity index (χ1n) is 5.92. The predicted octanol–water partition coefficient (Wildman–Crippen LogP) is 4.97. The minimum absolute atomic E-state index is 0.337. The van der Waals surface area contributed by atoms with Crippen LogP contribution in [0.5, 0.6) is 0 Å². The number of nitrogens with one attached hydrogen (secondary N) is 1. The number of alkyl halides is 3. The fourth-order valence-electron chi connectivity index (χ4n) is 1.67. The molecule has 0 radical (unpaired) electrons. The third kappa shape index (κ3) is 3.52. The minimum Gasteiger partial charge on any atom is -0.305 e. The van der Waals surface area contributed by atoms with E-state index in [1.165, 1.54) is 17.5 Å². The molecule has 0 aliphatic heterocycles. The van der Waals surface area contributed by atoms with E-state index in [1.807, 2.05) is 12.3 Å². The molecule has 2 aromatic heterocycles. The van der Waals surface area contributed by atoms with Crippen LogP contribution < -0.4 is 5.32 Å². The highest BCUT2D eigenvalue weighted by molar-refractivity contribution is 7.13. The Balaban J connectivity index is 2.32. The van der Waals surface area contributed by atoms with Gasteiger partial charge in [0, 0.05) is 16.0 Å². The van der Waals surface area contributed by atoms with E-state index in [2.05, 4.69) is 10.3 Å². The van der Waals surface area contributed by atoms with Crippen LogP contribution in [0.1, 0.15) is 34.1 Å². The van der Waals surface area contributed by atoms with Gasteiger partial charge in [-0.15, -0.1) is 22.7 Å². The van der Waals surface area contributed by atoms with E-state index in [1.54, 1.807) is 6.07 Å². The van der Waals surface area contributed by atoms with Gasteiger partial charge in [-0.3, -0.25) is 0 Å². The molecule has 0 saturated carbocycles. The van der Waals surface area contributed by atoms with Gasteiger partial charge >= 0.3 is 6.18 Å². The molecule has 2 aromatic rings. The van der Waals surface area contributed by atoms with Crippen LogP contribution in [0, 0.1) is 0 Å². The number of aromatic nitrogens is 1. The van der Waals surface area contributed by atoms with Gasteiger partial charge in [0.2, 0.25) is 0 Å². The highest BCUT2D eigenvalue weighted by Gasteiger charge is 2.35. The summed E-state index contributed by atoms with van der Waals surface area (Å²) in [5, 5.41) is 4.78. The summed E-state index contributed by atoms with van der Waals surface area (Å²) < 4.78 is 37.9. The number of halogens is 4. The molecule has 1 N–H and O–H groups in total. The normalized spacial score (nSPS) is 13.7. The second kappa shape index (κ2) is 6.43. The lowest BCUT2D eigenvalue weighted by Gasteiger charge is -2.15. The molecule has 0 amide bonds. The maximum Gasteiger partial charge on any atom is 0.443 e. The Morgan fingerprint density at radius 2 is 2.20 bits per heavy atom. The Morgan fingerprint density at radius 1 is 1.45 bits per heavy atom. The summed E-state index contributed by atoms with van der Waals surface area (Å²) in [7, 11) is 0. The van der Waals surface area contributed by atoms with Crippen LogP contribution in [0.2, 0.25) is 5.02 Å². The van der Waals surface area contributed by atoms with Gasteiger partial charge in [-0.05, 0) is 24.4 Å². The summed E-state index contributed by atoms with van der Waals surface area (Å²) in [6.45, 7) is 2.69. The van der Waals surface area contributed by atoms with Crippen LogP contribution in [-0.2, 0) is 6.18 Å². The van der Waals surface area contributed by atoms with Gasteiger partial charge in [0.25, 0.3) is 0 Å². The Bertz CT molecular complexity index is 565. The van der Waals surface area contributed by atoms with Crippen molar-refractivity contribution in [3.63, 3.8) is 0 Å². The van der Waals surface area contributed by atoms with Gasteiger partial charge in [-0.1, -0.05) is 18.5 Å². The Kier molecular flexibility index (Phi) is 5.06. The van der Waals surface area contributed by atoms with Crippen molar-refractivity contribution >= 4 is 34.3 Å². The first-order valence-corrected chi connectivity index (χ1v) is 8.00. The molecule has 1 unspecified atom stereocenters. The maximum atomic E-state index is 12.6. The number of thiazole rings is 1. The van der Waals surface area contributed by atoms with Crippen molar-refractivity contribution in [2.45, 2.75) is 25.6 Å². The van der Waals surface area contributed by atoms with Gasteiger partial charge in [0.1, 0.15) is 0 Å². The molecular formula is C12H12ClF3N2S2. The summed E-state index contributed by atoms with van der Waals surface area (Å²) in [5.41, 5.74) is 0. The van der Waals surface area contributed by atoms with Crippen molar-refractivity contribution in [3.8, 4) is 0 Å². The standard InChI is InChI=1S/C12H12ClF3N2S2/c1-2-4-17-9(10-7(13)3-5-19-10)8-6-18-11(20-8)12(14,15)16/h3,5-6,9,17H,2,4H2,1H3. The second-order valence-corrected chi connectivity index (χ2v) is 6.50. The topological polar surface area (TPSA) is 24.9 Å². The number of hydrogen-bond acceptors (Lipinski definition) is 4. The summed E-state index contributed by atoms with van der Waals surface area (Å²) >= 11 is 8.17. The molecule has 0 fully saturated rings. The highest BCUT2D eigenvalue weighted by atomic mass is 35.5. The molecule has 0 spiro atoms. The molecule has 2 heterocycles. The van der Waals surface area contributed by atoms with E-state index in [0.717, 1.165) is 11.3 Å². The Hall–Kier alpha value is -0.630. The number of rotatable bonds is 5. The van der Waals surface area contributed by atoms with Crippen molar-refractivity contribution in [1.29, 1.82) is 0 Å². The largest absolute Gasteiger partial charge is 0.443 e. The first kappa shape index (κ1) is 15.8. The third-order valence-electron chi connectivity index (χ3n) is 2.56. The lowest BCUT2D eigenvalue weighted by Crippen LogP contribution is -2.21.